The average Bonchev–Trinajstić information content (AvgIpc) is 2.55. The van der Waals surface area contributed by atoms with E-state index < -0.39 is 38.3 Å². The maximum Gasteiger partial charge on any atom is 0.310 e. The van der Waals surface area contributed by atoms with Gasteiger partial charge in [0.05, 0.1) is 14.1 Å². The van der Waals surface area contributed by atoms with Gasteiger partial charge in [-0.15, -0.1) is 0 Å². The van der Waals surface area contributed by atoms with Crippen molar-refractivity contribution in [1.29, 1.82) is 0 Å². The van der Waals surface area contributed by atoms with Gasteiger partial charge >= 0.3 is 5.97 Å². The summed E-state index contributed by atoms with van der Waals surface area (Å²) in [6, 6.07) is 0. The molecule has 7 nitrogen and oxygen atoms in total. The van der Waals surface area contributed by atoms with Gasteiger partial charge in [-0.2, -0.15) is 0 Å². The number of nitrogens with zero attached hydrogens (tertiary/aromatic N) is 1. The lowest BCUT2D eigenvalue weighted by molar-refractivity contribution is -0.948. The first kappa shape index (κ1) is 27.3. The Kier molecular flexibility index (Phi) is 13.2. The minimum atomic E-state index is -4.77. The Morgan fingerprint density at radius 1 is 1.00 bits per heavy atom. The molecule has 0 rings (SSSR count). The van der Waals surface area contributed by atoms with Crippen LogP contribution in [0.2, 0.25) is 0 Å². The zero-order chi connectivity index (χ0) is 21.8. The van der Waals surface area contributed by atoms with Crippen molar-refractivity contribution in [1.82, 2.24) is 0 Å². The van der Waals surface area contributed by atoms with E-state index in [1.54, 1.807) is 6.92 Å². The summed E-state index contributed by atoms with van der Waals surface area (Å²) in [4.78, 5) is 12.2. The van der Waals surface area contributed by atoms with Gasteiger partial charge in [-0.25, -0.2) is 8.42 Å². The van der Waals surface area contributed by atoms with Crippen LogP contribution in [0.15, 0.2) is 0 Å². The van der Waals surface area contributed by atoms with Gasteiger partial charge in [0.1, 0.15) is 6.10 Å². The number of rotatable bonds is 16. The molecule has 0 amide bonds. The smallest absolute Gasteiger partial charge is 0.310 e. The molecule has 0 spiro atoms. The van der Waals surface area contributed by atoms with Gasteiger partial charge in [-0.1, -0.05) is 65.2 Å². The number of hydrogen-bond donors (Lipinski definition) is 1. The Morgan fingerprint density at radius 2 is 1.46 bits per heavy atom. The Morgan fingerprint density at radius 3 is 1.86 bits per heavy atom. The summed E-state index contributed by atoms with van der Waals surface area (Å²) in [5.41, 5.74) is 0. The van der Waals surface area contributed by atoms with Crippen LogP contribution in [-0.4, -0.2) is 60.3 Å². The molecule has 3 atom stereocenters. The summed E-state index contributed by atoms with van der Waals surface area (Å²) in [6.07, 6.45) is 8.74. The summed E-state index contributed by atoms with van der Waals surface area (Å²) in [5, 5.41) is 8.22. The highest BCUT2D eigenvalue weighted by Crippen LogP contribution is 2.24. The quantitative estimate of drug-likeness (QED) is 0.134. The largest absolute Gasteiger partial charge is 0.743 e. The van der Waals surface area contributed by atoms with Gasteiger partial charge in [0.25, 0.3) is 0 Å². The normalized spacial score (nSPS) is 15.8. The monoisotopic (exact) mass is 423 g/mol. The molecule has 0 aliphatic carbocycles. The number of hydrogen-bond acceptors (Lipinski definition) is 6. The Bertz CT molecular complexity index is 533. The van der Waals surface area contributed by atoms with E-state index in [0.29, 0.717) is 6.42 Å². The van der Waals surface area contributed by atoms with Crippen molar-refractivity contribution in [2.45, 2.75) is 109 Å². The molecule has 0 saturated carbocycles. The van der Waals surface area contributed by atoms with E-state index in [-0.39, 0.29) is 6.42 Å². The van der Waals surface area contributed by atoms with Crippen LogP contribution in [0, 0.1) is 0 Å². The maximum absolute atomic E-state index is 12.2. The number of unbranched alkanes of at least 4 members (excludes halogenated alkanes) is 8. The second-order valence-corrected chi connectivity index (χ2v) is 9.65. The minimum absolute atomic E-state index is 0.274. The van der Waals surface area contributed by atoms with Crippen LogP contribution in [0.5, 0.6) is 0 Å². The Hall–Kier alpha value is -0.700. The van der Waals surface area contributed by atoms with Crippen LogP contribution in [0.4, 0.5) is 0 Å². The van der Waals surface area contributed by atoms with Gasteiger partial charge < -0.3 is 14.4 Å². The van der Waals surface area contributed by atoms with E-state index in [1.165, 1.54) is 59.5 Å². The van der Waals surface area contributed by atoms with Gasteiger partial charge in [-0.05, 0) is 13.3 Å². The van der Waals surface area contributed by atoms with Gasteiger partial charge in [-0.3, -0.25) is 9.28 Å². The number of ether oxygens (including phenoxy) is 1. The second kappa shape index (κ2) is 13.5. The molecule has 0 heterocycles. The third kappa shape index (κ3) is 10.2. The molecule has 28 heavy (non-hydrogen) atoms. The zero-order valence-electron chi connectivity index (χ0n) is 18.4. The third-order valence-corrected chi connectivity index (χ3v) is 6.74. The van der Waals surface area contributed by atoms with Gasteiger partial charge in [0.2, 0.25) is 11.6 Å². The van der Waals surface area contributed by atoms with Crippen LogP contribution in [0.3, 0.4) is 0 Å². The fourth-order valence-electron chi connectivity index (χ4n) is 3.77. The summed E-state index contributed by atoms with van der Waals surface area (Å²) < 4.78 is 39.9. The molecule has 0 bridgehead atoms. The Balaban J connectivity index is 4.44. The predicted molar refractivity (Wildman–Crippen MR) is 109 cm³/mol. The molecule has 0 saturated heterocycles. The molecule has 168 valence electrons. The highest BCUT2D eigenvalue weighted by molar-refractivity contribution is 7.86. The summed E-state index contributed by atoms with van der Waals surface area (Å²) in [7, 11) is -1.78. The van der Waals surface area contributed by atoms with Crippen molar-refractivity contribution in [2.24, 2.45) is 0 Å². The summed E-state index contributed by atoms with van der Waals surface area (Å²) >= 11 is 0. The number of quaternary nitrogens is 1. The zero-order valence-corrected chi connectivity index (χ0v) is 19.2. The first-order valence-electron chi connectivity index (χ1n) is 10.6. The van der Waals surface area contributed by atoms with Crippen molar-refractivity contribution in [3.05, 3.63) is 0 Å². The molecule has 0 aliphatic heterocycles. The number of likely N-dealkylation sites (N-methyl/N-ethyl adjacent to an activating group) is 1. The highest BCUT2D eigenvalue weighted by Gasteiger charge is 2.44. The fourth-order valence-corrected chi connectivity index (χ4v) is 5.06. The van der Waals surface area contributed by atoms with Gasteiger partial charge in [0, 0.05) is 12.8 Å². The molecular formula is C20H41NO6S. The predicted octanol–water partition coefficient (Wildman–Crippen LogP) is 3.52. The molecule has 0 radical (unpaired) electrons. The highest BCUT2D eigenvalue weighted by atomic mass is 32.2. The minimum Gasteiger partial charge on any atom is -0.743 e. The molecule has 0 aromatic heterocycles. The standard InChI is InChI=1S/C20H41NO6S/c1-6-8-9-10-11-12-13-14-15-16-19(23)27-18(7-2)21(4,5)20(17(3)22)28(24,25)26/h17-18,20,22H,6-16H2,1-5H3. The van der Waals surface area contributed by atoms with Crippen molar-refractivity contribution < 1.29 is 32.1 Å². The van der Waals surface area contributed by atoms with E-state index in [4.69, 9.17) is 4.74 Å². The van der Waals surface area contributed by atoms with Crippen LogP contribution in [0.25, 0.3) is 0 Å². The molecular weight excluding hydrogens is 382 g/mol. The lowest BCUT2D eigenvalue weighted by atomic mass is 10.1. The van der Waals surface area contributed by atoms with Gasteiger partial charge in [0.15, 0.2) is 10.1 Å². The Labute approximate surface area is 171 Å². The number of esters is 1. The lowest BCUT2D eigenvalue weighted by Crippen LogP contribution is -2.63. The fraction of sp³-hybridized carbons (Fsp3) is 0.950. The van der Waals surface area contributed by atoms with Crippen LogP contribution in [0.1, 0.15) is 91.4 Å². The van der Waals surface area contributed by atoms with Crippen LogP contribution < -0.4 is 0 Å². The molecule has 0 aliphatic rings. The molecule has 1 N–H and O–H groups in total. The number of carbonyl (C=O) groups is 1. The SMILES string of the molecule is CCCCCCCCCCCC(=O)OC(CC)[N+](C)(C)C(C(C)O)S(=O)(=O)[O-]. The summed E-state index contributed by atoms with van der Waals surface area (Å²) in [6.45, 7) is 5.22. The van der Waals surface area contributed by atoms with E-state index in [0.717, 1.165) is 19.3 Å². The number of carbonyl (C=O) groups excluding carboxylic acids is 1. The van der Waals surface area contributed by atoms with Crippen molar-refractivity contribution in [2.75, 3.05) is 14.1 Å². The second-order valence-electron chi connectivity index (χ2n) is 8.18. The first-order chi connectivity index (χ1) is 13.0. The summed E-state index contributed by atoms with van der Waals surface area (Å²) in [5.74, 6) is -0.395. The number of aliphatic hydroxyl groups is 1. The van der Waals surface area contributed by atoms with Crippen molar-refractivity contribution in [3.8, 4) is 0 Å². The van der Waals surface area contributed by atoms with E-state index in [2.05, 4.69) is 6.92 Å². The molecule has 0 aromatic carbocycles. The van der Waals surface area contributed by atoms with Crippen molar-refractivity contribution in [3.63, 3.8) is 0 Å². The third-order valence-electron chi connectivity index (χ3n) is 5.21. The first-order valence-corrected chi connectivity index (χ1v) is 12.1. The van der Waals surface area contributed by atoms with E-state index in [9.17, 15) is 22.9 Å². The average molecular weight is 424 g/mol. The molecule has 3 unspecified atom stereocenters. The van der Waals surface area contributed by atoms with E-state index in [1.807, 2.05) is 0 Å². The molecule has 8 heteroatoms. The van der Waals surface area contributed by atoms with Crippen LogP contribution >= 0.6 is 0 Å². The maximum atomic E-state index is 12.2. The lowest BCUT2D eigenvalue weighted by Gasteiger charge is -2.44. The number of aliphatic hydroxyl groups excluding tert-OH is 1. The van der Waals surface area contributed by atoms with Crippen LogP contribution in [-0.2, 0) is 19.6 Å². The van der Waals surface area contributed by atoms with Crippen molar-refractivity contribution >= 4 is 16.1 Å². The molecule has 0 fully saturated rings. The topological polar surface area (TPSA) is 104 Å². The molecule has 0 aromatic rings. The van der Waals surface area contributed by atoms with E-state index >= 15 is 0 Å².